The molecular formula is C16H17N5O3S. The Bertz CT molecular complexity index is 1060. The highest BCUT2D eigenvalue weighted by molar-refractivity contribution is 7.89. The molecule has 8 nitrogen and oxygen atoms in total. The zero-order chi connectivity index (χ0) is 17.4. The first kappa shape index (κ1) is 16.0. The number of imidazole rings is 1. The summed E-state index contributed by atoms with van der Waals surface area (Å²) < 4.78 is 28.7. The van der Waals surface area contributed by atoms with E-state index in [-0.39, 0.29) is 23.2 Å². The number of nitrogens with zero attached hydrogens (tertiary/aromatic N) is 4. The Morgan fingerprint density at radius 3 is 2.80 bits per heavy atom. The highest BCUT2D eigenvalue weighted by Crippen LogP contribution is 2.27. The van der Waals surface area contributed by atoms with Crippen LogP contribution in [0.2, 0.25) is 0 Å². The van der Waals surface area contributed by atoms with E-state index in [1.54, 1.807) is 41.1 Å². The van der Waals surface area contributed by atoms with Crippen LogP contribution in [0.4, 0.5) is 0 Å². The standard InChI is InChI=1S/C16H17N5O3S/c22-16-19-14-9-17-11-18-15(14)21(16)12-5-4-8-20(10-12)25(23,24)13-6-2-1-3-7-13/h1-3,6-7,9,11-12H,4-5,8,10H2,(H,19,22). The van der Waals surface area contributed by atoms with Gasteiger partial charge in [0, 0.05) is 13.1 Å². The Balaban J connectivity index is 1.70. The van der Waals surface area contributed by atoms with Gasteiger partial charge in [-0.25, -0.2) is 23.2 Å². The van der Waals surface area contributed by atoms with Crippen LogP contribution >= 0.6 is 0 Å². The molecule has 4 rings (SSSR count). The second kappa shape index (κ2) is 6.08. The number of piperidine rings is 1. The van der Waals surface area contributed by atoms with E-state index in [2.05, 4.69) is 15.0 Å². The molecule has 1 atom stereocenters. The molecule has 1 unspecified atom stereocenters. The molecule has 1 N–H and O–H groups in total. The van der Waals surface area contributed by atoms with Crippen molar-refractivity contribution >= 4 is 21.2 Å². The lowest BCUT2D eigenvalue weighted by atomic mass is 10.1. The van der Waals surface area contributed by atoms with Gasteiger partial charge in [0.05, 0.1) is 17.1 Å². The highest BCUT2D eigenvalue weighted by atomic mass is 32.2. The molecule has 9 heteroatoms. The third-order valence-electron chi connectivity index (χ3n) is 4.49. The van der Waals surface area contributed by atoms with Gasteiger partial charge in [0.1, 0.15) is 11.8 Å². The summed E-state index contributed by atoms with van der Waals surface area (Å²) >= 11 is 0. The second-order valence-electron chi connectivity index (χ2n) is 6.03. The van der Waals surface area contributed by atoms with Crippen molar-refractivity contribution in [3.05, 3.63) is 53.3 Å². The Kier molecular flexibility index (Phi) is 3.89. The smallest absolute Gasteiger partial charge is 0.303 e. The molecule has 130 valence electrons. The molecule has 0 spiro atoms. The van der Waals surface area contributed by atoms with Crippen molar-refractivity contribution in [2.24, 2.45) is 0 Å². The number of hydrogen-bond acceptors (Lipinski definition) is 5. The van der Waals surface area contributed by atoms with E-state index in [4.69, 9.17) is 0 Å². The zero-order valence-corrected chi connectivity index (χ0v) is 14.2. The summed E-state index contributed by atoms with van der Waals surface area (Å²) in [6, 6.07) is 8.10. The van der Waals surface area contributed by atoms with E-state index < -0.39 is 10.0 Å². The van der Waals surface area contributed by atoms with Crippen LogP contribution in [-0.4, -0.2) is 45.3 Å². The summed E-state index contributed by atoms with van der Waals surface area (Å²) in [6.07, 6.45) is 4.33. The quantitative estimate of drug-likeness (QED) is 0.756. The van der Waals surface area contributed by atoms with Crippen LogP contribution in [0.3, 0.4) is 0 Å². The summed E-state index contributed by atoms with van der Waals surface area (Å²) in [6.45, 7) is 0.688. The van der Waals surface area contributed by atoms with Crippen LogP contribution in [-0.2, 0) is 10.0 Å². The molecule has 0 radical (unpaired) electrons. The minimum atomic E-state index is -3.58. The summed E-state index contributed by atoms with van der Waals surface area (Å²) in [7, 11) is -3.58. The number of benzene rings is 1. The molecule has 3 heterocycles. The number of aromatic amines is 1. The number of sulfonamides is 1. The molecular weight excluding hydrogens is 342 g/mol. The monoisotopic (exact) mass is 359 g/mol. The van der Waals surface area contributed by atoms with Crippen molar-refractivity contribution in [2.75, 3.05) is 13.1 Å². The van der Waals surface area contributed by atoms with Crippen molar-refractivity contribution in [1.82, 2.24) is 23.8 Å². The maximum absolute atomic E-state index is 12.9. The van der Waals surface area contributed by atoms with Gasteiger partial charge in [-0.05, 0) is 25.0 Å². The minimum Gasteiger partial charge on any atom is -0.303 e. The summed E-state index contributed by atoms with van der Waals surface area (Å²) in [5.41, 5.74) is 0.763. The Morgan fingerprint density at radius 2 is 2.00 bits per heavy atom. The van der Waals surface area contributed by atoms with E-state index in [1.807, 2.05) is 0 Å². The average Bonchev–Trinajstić information content (AvgIpc) is 2.98. The van der Waals surface area contributed by atoms with Gasteiger partial charge in [-0.2, -0.15) is 4.31 Å². The van der Waals surface area contributed by atoms with Crippen molar-refractivity contribution in [2.45, 2.75) is 23.8 Å². The van der Waals surface area contributed by atoms with E-state index in [0.29, 0.717) is 24.1 Å². The van der Waals surface area contributed by atoms with Gasteiger partial charge < -0.3 is 4.98 Å². The highest BCUT2D eigenvalue weighted by Gasteiger charge is 2.32. The summed E-state index contributed by atoms with van der Waals surface area (Å²) in [5.74, 6) is 0. The van der Waals surface area contributed by atoms with Gasteiger partial charge in [0.2, 0.25) is 10.0 Å². The van der Waals surface area contributed by atoms with Gasteiger partial charge in [-0.1, -0.05) is 18.2 Å². The number of rotatable bonds is 3. The number of hydrogen-bond donors (Lipinski definition) is 1. The summed E-state index contributed by atoms with van der Waals surface area (Å²) in [5, 5.41) is 0. The minimum absolute atomic E-state index is 0.244. The Labute approximate surface area is 144 Å². The molecule has 0 saturated carbocycles. The van der Waals surface area contributed by atoms with Crippen molar-refractivity contribution in [1.29, 1.82) is 0 Å². The first-order valence-electron chi connectivity index (χ1n) is 8.03. The van der Waals surface area contributed by atoms with E-state index in [9.17, 15) is 13.2 Å². The summed E-state index contributed by atoms with van der Waals surface area (Å²) in [4.78, 5) is 23.4. The third kappa shape index (κ3) is 2.75. The maximum Gasteiger partial charge on any atom is 0.328 e. The normalized spacial score (nSPS) is 19.3. The topological polar surface area (TPSA) is 101 Å². The fraction of sp³-hybridized carbons (Fsp3) is 0.312. The first-order valence-corrected chi connectivity index (χ1v) is 9.47. The van der Waals surface area contributed by atoms with Gasteiger partial charge in [-0.3, -0.25) is 4.57 Å². The van der Waals surface area contributed by atoms with E-state index in [0.717, 1.165) is 6.42 Å². The maximum atomic E-state index is 12.9. The molecule has 1 fully saturated rings. The lowest BCUT2D eigenvalue weighted by molar-refractivity contribution is 0.266. The van der Waals surface area contributed by atoms with Gasteiger partial charge in [0.25, 0.3) is 0 Å². The van der Waals surface area contributed by atoms with Crippen molar-refractivity contribution < 1.29 is 8.42 Å². The van der Waals surface area contributed by atoms with E-state index >= 15 is 0 Å². The molecule has 1 saturated heterocycles. The number of aromatic nitrogens is 4. The van der Waals surface area contributed by atoms with Crippen LogP contribution in [0.25, 0.3) is 11.2 Å². The fourth-order valence-corrected chi connectivity index (χ4v) is 4.84. The number of H-pyrrole nitrogens is 1. The number of fused-ring (bicyclic) bond motifs is 1. The zero-order valence-electron chi connectivity index (χ0n) is 13.4. The molecule has 1 aromatic carbocycles. The van der Waals surface area contributed by atoms with Crippen LogP contribution in [0.15, 0.2) is 52.5 Å². The third-order valence-corrected chi connectivity index (χ3v) is 6.36. The predicted octanol–water partition coefficient (Wildman–Crippen LogP) is 1.15. The van der Waals surface area contributed by atoms with Crippen molar-refractivity contribution in [3.8, 4) is 0 Å². The van der Waals surface area contributed by atoms with Gasteiger partial charge in [0.15, 0.2) is 5.65 Å². The Morgan fingerprint density at radius 1 is 1.20 bits per heavy atom. The predicted molar refractivity (Wildman–Crippen MR) is 91.6 cm³/mol. The molecule has 1 aliphatic rings. The van der Waals surface area contributed by atoms with Crippen LogP contribution in [0.5, 0.6) is 0 Å². The average molecular weight is 359 g/mol. The lowest BCUT2D eigenvalue weighted by Crippen LogP contribution is -2.42. The lowest BCUT2D eigenvalue weighted by Gasteiger charge is -2.32. The molecule has 0 aliphatic carbocycles. The van der Waals surface area contributed by atoms with Gasteiger partial charge >= 0.3 is 5.69 Å². The molecule has 25 heavy (non-hydrogen) atoms. The van der Waals surface area contributed by atoms with Crippen LogP contribution < -0.4 is 5.69 Å². The van der Waals surface area contributed by atoms with Crippen molar-refractivity contribution in [3.63, 3.8) is 0 Å². The van der Waals surface area contributed by atoms with E-state index in [1.165, 1.54) is 10.6 Å². The Hall–Kier alpha value is -2.52. The molecule has 1 aliphatic heterocycles. The second-order valence-corrected chi connectivity index (χ2v) is 7.97. The number of nitrogens with one attached hydrogen (secondary N) is 1. The largest absolute Gasteiger partial charge is 0.328 e. The molecule has 0 bridgehead atoms. The van der Waals surface area contributed by atoms with Gasteiger partial charge in [-0.15, -0.1) is 0 Å². The first-order chi connectivity index (χ1) is 12.1. The van der Waals surface area contributed by atoms with Crippen LogP contribution in [0.1, 0.15) is 18.9 Å². The van der Waals surface area contributed by atoms with Crippen LogP contribution in [0, 0.1) is 0 Å². The molecule has 2 aromatic heterocycles. The SMILES string of the molecule is O=c1[nH]c2cncnc2n1C1CCCN(S(=O)(=O)c2ccccc2)C1. The molecule has 0 amide bonds. The fourth-order valence-electron chi connectivity index (χ4n) is 3.31. The molecule has 3 aromatic rings.